The Labute approximate surface area is 196 Å². The van der Waals surface area contributed by atoms with Gasteiger partial charge in [0.25, 0.3) is 0 Å². The van der Waals surface area contributed by atoms with Gasteiger partial charge in [-0.05, 0) is 66.6 Å². The van der Waals surface area contributed by atoms with E-state index in [2.05, 4.69) is 39.0 Å². The minimum absolute atomic E-state index is 0.159. The summed E-state index contributed by atoms with van der Waals surface area (Å²) in [5.74, 6) is 0.509. The average Bonchev–Trinajstić information content (AvgIpc) is 3.27. The third-order valence-electron chi connectivity index (χ3n) is 7.08. The van der Waals surface area contributed by atoms with Gasteiger partial charge < -0.3 is 14.5 Å². The Morgan fingerprint density at radius 1 is 0.970 bits per heavy atom. The zero-order valence-electron chi connectivity index (χ0n) is 19.3. The van der Waals surface area contributed by atoms with Gasteiger partial charge in [-0.2, -0.15) is 0 Å². The van der Waals surface area contributed by atoms with Crippen LogP contribution in [0.1, 0.15) is 35.2 Å². The Balaban J connectivity index is 1.19. The van der Waals surface area contributed by atoms with Gasteiger partial charge in [-0.3, -0.25) is 0 Å². The molecule has 0 bridgehead atoms. The Kier molecular flexibility index (Phi) is 6.58. The first-order valence-corrected chi connectivity index (χ1v) is 12.0. The molecule has 4 nitrogen and oxygen atoms in total. The molecule has 1 saturated heterocycles. The van der Waals surface area contributed by atoms with Crippen LogP contribution in [0.5, 0.6) is 5.88 Å². The van der Waals surface area contributed by atoms with Crippen LogP contribution < -0.4 is 9.64 Å². The lowest BCUT2D eigenvalue weighted by Gasteiger charge is -2.38. The molecule has 1 aromatic heterocycles. The lowest BCUT2D eigenvalue weighted by Crippen LogP contribution is -2.45. The van der Waals surface area contributed by atoms with Crippen LogP contribution in [0.25, 0.3) is 0 Å². The molecule has 0 spiro atoms. The van der Waals surface area contributed by atoms with Crippen molar-refractivity contribution >= 4 is 5.69 Å². The van der Waals surface area contributed by atoms with Gasteiger partial charge in [-0.25, -0.2) is 9.37 Å². The molecule has 0 saturated carbocycles. The molecule has 3 aromatic rings. The van der Waals surface area contributed by atoms with Crippen molar-refractivity contribution in [3.8, 4) is 5.88 Å². The summed E-state index contributed by atoms with van der Waals surface area (Å²) in [6.07, 6.45) is 5.34. The number of ether oxygens (including phenoxy) is 1. The van der Waals surface area contributed by atoms with Crippen LogP contribution >= 0.6 is 0 Å². The van der Waals surface area contributed by atoms with Crippen molar-refractivity contribution < 1.29 is 9.13 Å². The van der Waals surface area contributed by atoms with E-state index in [1.165, 1.54) is 35.2 Å². The van der Waals surface area contributed by atoms with Crippen molar-refractivity contribution in [1.82, 2.24) is 9.88 Å². The Bertz CT molecular complexity index is 1080. The van der Waals surface area contributed by atoms with Crippen LogP contribution in [-0.4, -0.2) is 49.2 Å². The highest BCUT2D eigenvalue weighted by molar-refractivity contribution is 5.60. The number of likely N-dealkylation sites (tertiary alicyclic amines) is 1. The fourth-order valence-corrected chi connectivity index (χ4v) is 5.21. The largest absolute Gasteiger partial charge is 0.481 e. The van der Waals surface area contributed by atoms with Crippen LogP contribution in [-0.2, 0) is 19.3 Å². The van der Waals surface area contributed by atoms with Crippen molar-refractivity contribution in [2.75, 3.05) is 38.2 Å². The third kappa shape index (κ3) is 5.19. The van der Waals surface area contributed by atoms with Gasteiger partial charge in [0.05, 0.1) is 7.11 Å². The number of fused-ring (bicyclic) bond motifs is 1. The highest BCUT2D eigenvalue weighted by Gasteiger charge is 2.29. The SMILES string of the molecule is COc1cccc(Cc2ccc3c(c2)N(C2CCN(CCc4ccc(F)cc4)CC2)CC3)n1. The molecular formula is C28H32FN3O. The van der Waals surface area contributed by atoms with Crippen LogP contribution in [0.2, 0.25) is 0 Å². The first-order chi connectivity index (χ1) is 16.2. The van der Waals surface area contributed by atoms with Crippen molar-refractivity contribution in [2.24, 2.45) is 0 Å². The predicted octanol–water partition coefficient (Wildman–Crippen LogP) is 4.89. The molecule has 172 valence electrons. The Morgan fingerprint density at radius 3 is 2.55 bits per heavy atom. The molecule has 0 N–H and O–H groups in total. The third-order valence-corrected chi connectivity index (χ3v) is 7.08. The normalized spacial score (nSPS) is 16.7. The summed E-state index contributed by atoms with van der Waals surface area (Å²) in [6, 6.07) is 20.4. The summed E-state index contributed by atoms with van der Waals surface area (Å²) >= 11 is 0. The zero-order chi connectivity index (χ0) is 22.6. The van der Waals surface area contributed by atoms with E-state index in [-0.39, 0.29) is 5.82 Å². The summed E-state index contributed by atoms with van der Waals surface area (Å²) in [4.78, 5) is 9.79. The van der Waals surface area contributed by atoms with E-state index < -0.39 is 0 Å². The van der Waals surface area contributed by atoms with Gasteiger partial charge in [0.2, 0.25) is 5.88 Å². The lowest BCUT2D eigenvalue weighted by atomic mass is 10.0. The predicted molar refractivity (Wildman–Crippen MR) is 131 cm³/mol. The molecule has 5 rings (SSSR count). The molecule has 0 aliphatic carbocycles. The first kappa shape index (κ1) is 21.9. The fourth-order valence-electron chi connectivity index (χ4n) is 5.21. The number of hydrogen-bond donors (Lipinski definition) is 0. The number of aromatic nitrogens is 1. The van der Waals surface area contributed by atoms with E-state index in [9.17, 15) is 4.39 Å². The molecule has 1 fully saturated rings. The summed E-state index contributed by atoms with van der Waals surface area (Å²) < 4.78 is 18.4. The van der Waals surface area contributed by atoms with E-state index in [1.807, 2.05) is 24.3 Å². The second-order valence-corrected chi connectivity index (χ2v) is 9.20. The van der Waals surface area contributed by atoms with Crippen molar-refractivity contribution in [3.05, 3.63) is 88.9 Å². The maximum Gasteiger partial charge on any atom is 0.213 e. The van der Waals surface area contributed by atoms with Gasteiger partial charge in [0, 0.05) is 56.1 Å². The Hall–Kier alpha value is -2.92. The number of methoxy groups -OCH3 is 1. The molecule has 0 unspecified atom stereocenters. The van der Waals surface area contributed by atoms with Gasteiger partial charge in [-0.1, -0.05) is 30.3 Å². The molecule has 2 aliphatic rings. The lowest BCUT2D eigenvalue weighted by molar-refractivity contribution is 0.212. The monoisotopic (exact) mass is 445 g/mol. The Morgan fingerprint density at radius 2 is 1.76 bits per heavy atom. The minimum atomic E-state index is -0.159. The first-order valence-electron chi connectivity index (χ1n) is 12.0. The molecule has 5 heteroatoms. The van der Waals surface area contributed by atoms with E-state index in [0.29, 0.717) is 11.9 Å². The summed E-state index contributed by atoms with van der Waals surface area (Å²) in [6.45, 7) is 4.43. The summed E-state index contributed by atoms with van der Waals surface area (Å²) in [5, 5.41) is 0. The molecular weight excluding hydrogens is 413 g/mol. The minimum Gasteiger partial charge on any atom is -0.481 e. The van der Waals surface area contributed by atoms with Gasteiger partial charge >= 0.3 is 0 Å². The van der Waals surface area contributed by atoms with Crippen molar-refractivity contribution in [1.29, 1.82) is 0 Å². The van der Waals surface area contributed by atoms with Crippen LogP contribution in [0.4, 0.5) is 10.1 Å². The van der Waals surface area contributed by atoms with E-state index in [0.717, 1.165) is 51.1 Å². The van der Waals surface area contributed by atoms with Gasteiger partial charge in [0.1, 0.15) is 5.82 Å². The number of anilines is 1. The van der Waals surface area contributed by atoms with Crippen molar-refractivity contribution in [2.45, 2.75) is 38.1 Å². The average molecular weight is 446 g/mol. The van der Waals surface area contributed by atoms with Crippen LogP contribution in [0, 0.1) is 5.82 Å². The maximum absolute atomic E-state index is 13.1. The molecule has 33 heavy (non-hydrogen) atoms. The number of halogens is 1. The van der Waals surface area contributed by atoms with E-state index in [4.69, 9.17) is 4.74 Å². The van der Waals surface area contributed by atoms with E-state index >= 15 is 0 Å². The molecule has 0 amide bonds. The molecule has 3 heterocycles. The smallest absolute Gasteiger partial charge is 0.213 e. The highest BCUT2D eigenvalue weighted by atomic mass is 19.1. The zero-order valence-corrected chi connectivity index (χ0v) is 19.3. The molecule has 2 aliphatic heterocycles. The quantitative estimate of drug-likeness (QED) is 0.518. The fraction of sp³-hybridized carbons (Fsp3) is 0.393. The number of pyridine rings is 1. The number of benzene rings is 2. The standard InChI is InChI=1S/C28H32FN3O/c1-33-28-4-2-3-25(30-28)19-22-5-8-23-12-18-32(27(23)20-22)26-13-16-31(17-14-26)15-11-21-6-9-24(29)10-7-21/h2-10,20,26H,11-19H2,1H3. The van der Waals surface area contributed by atoms with Gasteiger partial charge in [-0.15, -0.1) is 0 Å². The van der Waals surface area contributed by atoms with Crippen LogP contribution in [0.3, 0.4) is 0 Å². The topological polar surface area (TPSA) is 28.6 Å². The summed E-state index contributed by atoms with van der Waals surface area (Å²) in [5.41, 5.74) is 6.44. The maximum atomic E-state index is 13.1. The molecule has 0 atom stereocenters. The number of hydrogen-bond acceptors (Lipinski definition) is 4. The number of rotatable bonds is 7. The van der Waals surface area contributed by atoms with Gasteiger partial charge in [0.15, 0.2) is 0 Å². The molecule has 2 aromatic carbocycles. The molecule has 0 radical (unpaired) electrons. The highest BCUT2D eigenvalue weighted by Crippen LogP contribution is 2.34. The summed E-state index contributed by atoms with van der Waals surface area (Å²) in [7, 11) is 1.66. The van der Waals surface area contributed by atoms with Crippen LogP contribution in [0.15, 0.2) is 60.7 Å². The van der Waals surface area contributed by atoms with Crippen molar-refractivity contribution in [3.63, 3.8) is 0 Å². The second kappa shape index (κ2) is 9.92. The van der Waals surface area contributed by atoms with E-state index in [1.54, 1.807) is 19.2 Å². The number of nitrogens with zero attached hydrogens (tertiary/aromatic N) is 3. The second-order valence-electron chi connectivity index (χ2n) is 9.20. The number of piperidine rings is 1.